The maximum atomic E-state index is 11.3. The summed E-state index contributed by atoms with van der Waals surface area (Å²) in [4.78, 5) is 15.5. The van der Waals surface area contributed by atoms with Gasteiger partial charge in [0.15, 0.2) is 5.76 Å². The molecule has 0 atom stereocenters. The minimum atomic E-state index is 0.169. The van der Waals surface area contributed by atoms with E-state index in [-0.39, 0.29) is 5.91 Å². The summed E-state index contributed by atoms with van der Waals surface area (Å²) in [6.07, 6.45) is 1.02. The van der Waals surface area contributed by atoms with Gasteiger partial charge in [-0.2, -0.15) is 0 Å². The molecule has 17 heavy (non-hydrogen) atoms. The van der Waals surface area contributed by atoms with E-state index in [9.17, 15) is 4.79 Å². The smallest absolute Gasteiger partial charge is 0.219 e. The summed E-state index contributed by atoms with van der Waals surface area (Å²) in [5.41, 5.74) is 0.917. The van der Waals surface area contributed by atoms with Gasteiger partial charge in [-0.3, -0.25) is 9.69 Å². The minimum absolute atomic E-state index is 0.169. The van der Waals surface area contributed by atoms with Crippen LogP contribution >= 0.6 is 0 Å². The van der Waals surface area contributed by atoms with Crippen molar-refractivity contribution in [1.29, 1.82) is 0 Å². The molecule has 0 spiro atoms. The van der Waals surface area contributed by atoms with Gasteiger partial charge in [0.25, 0.3) is 0 Å². The molecule has 5 heteroatoms. The fourth-order valence-corrected chi connectivity index (χ4v) is 2.16. The number of rotatable bonds is 2. The van der Waals surface area contributed by atoms with Gasteiger partial charge in [0.1, 0.15) is 0 Å². The third-order valence-electron chi connectivity index (χ3n) is 3.09. The van der Waals surface area contributed by atoms with Gasteiger partial charge in [0.2, 0.25) is 5.91 Å². The lowest BCUT2D eigenvalue weighted by atomic mass is 10.3. The van der Waals surface area contributed by atoms with Gasteiger partial charge < -0.3 is 9.42 Å². The average Bonchev–Trinajstić information content (AvgIpc) is 2.54. The van der Waals surface area contributed by atoms with Gasteiger partial charge >= 0.3 is 0 Å². The van der Waals surface area contributed by atoms with Crippen molar-refractivity contribution in [3.05, 3.63) is 17.5 Å². The second kappa shape index (κ2) is 5.31. The number of amides is 1. The molecule has 0 saturated carbocycles. The Morgan fingerprint density at radius 2 is 2.24 bits per heavy atom. The Morgan fingerprint density at radius 3 is 2.88 bits per heavy atom. The molecule has 1 aliphatic heterocycles. The lowest BCUT2D eigenvalue weighted by Gasteiger charge is -2.19. The highest BCUT2D eigenvalue weighted by Crippen LogP contribution is 2.10. The van der Waals surface area contributed by atoms with Crippen molar-refractivity contribution in [2.75, 3.05) is 26.2 Å². The molecule has 5 nitrogen and oxygen atoms in total. The fraction of sp³-hybridized carbons (Fsp3) is 0.667. The zero-order valence-corrected chi connectivity index (χ0v) is 10.5. The predicted molar refractivity (Wildman–Crippen MR) is 63.4 cm³/mol. The molecular formula is C12H19N3O2. The van der Waals surface area contributed by atoms with Crippen molar-refractivity contribution in [2.45, 2.75) is 26.8 Å². The van der Waals surface area contributed by atoms with Crippen molar-refractivity contribution in [3.63, 3.8) is 0 Å². The van der Waals surface area contributed by atoms with Crippen LogP contribution in [0.1, 0.15) is 24.8 Å². The maximum Gasteiger partial charge on any atom is 0.219 e. The number of nitrogens with zero attached hydrogens (tertiary/aromatic N) is 3. The maximum absolute atomic E-state index is 11.3. The van der Waals surface area contributed by atoms with E-state index in [1.807, 2.05) is 17.9 Å². The molecular weight excluding hydrogens is 218 g/mol. The molecule has 94 valence electrons. The zero-order valence-electron chi connectivity index (χ0n) is 10.5. The number of aryl methyl sites for hydroxylation is 1. The van der Waals surface area contributed by atoms with Crippen molar-refractivity contribution >= 4 is 5.91 Å². The van der Waals surface area contributed by atoms with Crippen LogP contribution in [-0.2, 0) is 11.3 Å². The fourth-order valence-electron chi connectivity index (χ4n) is 2.16. The Balaban J connectivity index is 1.88. The Morgan fingerprint density at radius 1 is 1.41 bits per heavy atom. The second-order valence-corrected chi connectivity index (χ2v) is 4.57. The molecule has 0 radical (unpaired) electrons. The summed E-state index contributed by atoms with van der Waals surface area (Å²) in [5.74, 6) is 1.07. The molecule has 1 aromatic rings. The molecule has 0 aliphatic carbocycles. The Kier molecular flexibility index (Phi) is 3.78. The van der Waals surface area contributed by atoms with Gasteiger partial charge in [0, 0.05) is 39.2 Å². The van der Waals surface area contributed by atoms with Crippen LogP contribution in [0.2, 0.25) is 0 Å². The van der Waals surface area contributed by atoms with Gasteiger partial charge in [-0.05, 0) is 13.3 Å². The first-order valence-electron chi connectivity index (χ1n) is 6.05. The summed E-state index contributed by atoms with van der Waals surface area (Å²) in [6, 6.07) is 1.97. The summed E-state index contributed by atoms with van der Waals surface area (Å²) in [7, 11) is 0. The van der Waals surface area contributed by atoms with Crippen molar-refractivity contribution < 1.29 is 9.32 Å². The predicted octanol–water partition coefficient (Wildman–Crippen LogP) is 1.04. The van der Waals surface area contributed by atoms with Crippen LogP contribution < -0.4 is 0 Å². The normalized spacial score (nSPS) is 18.1. The highest BCUT2D eigenvalue weighted by atomic mass is 16.5. The highest BCUT2D eigenvalue weighted by molar-refractivity contribution is 5.73. The van der Waals surface area contributed by atoms with Crippen LogP contribution in [0.15, 0.2) is 10.6 Å². The van der Waals surface area contributed by atoms with E-state index in [0.29, 0.717) is 0 Å². The third-order valence-corrected chi connectivity index (χ3v) is 3.09. The van der Waals surface area contributed by atoms with Gasteiger partial charge in [0.05, 0.1) is 12.2 Å². The molecule has 1 amide bonds. The van der Waals surface area contributed by atoms with Crippen LogP contribution in [0.4, 0.5) is 0 Å². The molecule has 1 aliphatic rings. The molecule has 1 saturated heterocycles. The first-order chi connectivity index (χ1) is 8.15. The number of hydrogen-bond donors (Lipinski definition) is 0. The number of aromatic nitrogens is 1. The van der Waals surface area contributed by atoms with Crippen molar-refractivity contribution in [2.24, 2.45) is 0 Å². The van der Waals surface area contributed by atoms with Crippen LogP contribution in [0.3, 0.4) is 0 Å². The molecule has 1 aromatic heterocycles. The molecule has 0 N–H and O–H groups in total. The topological polar surface area (TPSA) is 49.6 Å². The van der Waals surface area contributed by atoms with Crippen LogP contribution in [0.25, 0.3) is 0 Å². The van der Waals surface area contributed by atoms with E-state index >= 15 is 0 Å². The molecule has 2 heterocycles. The van der Waals surface area contributed by atoms with Crippen LogP contribution in [0.5, 0.6) is 0 Å². The SMILES string of the molecule is CC(=O)N1CCCN(Cc2cc(C)no2)CC1. The van der Waals surface area contributed by atoms with E-state index in [4.69, 9.17) is 4.52 Å². The standard InChI is InChI=1S/C12H19N3O2/c1-10-8-12(17-13-10)9-14-4-3-5-15(7-6-14)11(2)16/h8H,3-7,9H2,1-2H3. The van der Waals surface area contributed by atoms with E-state index in [1.54, 1.807) is 6.92 Å². The Hall–Kier alpha value is -1.36. The molecule has 2 rings (SSSR count). The largest absolute Gasteiger partial charge is 0.360 e. The quantitative estimate of drug-likeness (QED) is 0.771. The van der Waals surface area contributed by atoms with Crippen LogP contribution in [-0.4, -0.2) is 47.0 Å². The molecule has 0 unspecified atom stereocenters. The van der Waals surface area contributed by atoms with Gasteiger partial charge in [-0.1, -0.05) is 5.16 Å². The van der Waals surface area contributed by atoms with Crippen molar-refractivity contribution in [3.8, 4) is 0 Å². The molecule has 0 bridgehead atoms. The first kappa shape index (κ1) is 12.1. The van der Waals surface area contributed by atoms with E-state index in [1.165, 1.54) is 0 Å². The van der Waals surface area contributed by atoms with Crippen LogP contribution in [0, 0.1) is 6.92 Å². The Bertz CT molecular complexity index is 389. The summed E-state index contributed by atoms with van der Waals surface area (Å²) in [6.45, 7) is 7.92. The second-order valence-electron chi connectivity index (χ2n) is 4.57. The van der Waals surface area contributed by atoms with E-state index in [2.05, 4.69) is 10.1 Å². The molecule has 0 aromatic carbocycles. The lowest BCUT2D eigenvalue weighted by Crippen LogP contribution is -2.33. The summed E-state index contributed by atoms with van der Waals surface area (Å²) < 4.78 is 5.21. The number of carbonyl (C=O) groups excluding carboxylic acids is 1. The lowest BCUT2D eigenvalue weighted by molar-refractivity contribution is -0.128. The van der Waals surface area contributed by atoms with Gasteiger partial charge in [-0.15, -0.1) is 0 Å². The minimum Gasteiger partial charge on any atom is -0.360 e. The van der Waals surface area contributed by atoms with E-state index < -0.39 is 0 Å². The first-order valence-corrected chi connectivity index (χ1v) is 6.05. The average molecular weight is 237 g/mol. The van der Waals surface area contributed by atoms with Gasteiger partial charge in [-0.25, -0.2) is 0 Å². The zero-order chi connectivity index (χ0) is 12.3. The molecule has 1 fully saturated rings. The number of carbonyl (C=O) groups is 1. The van der Waals surface area contributed by atoms with Crippen molar-refractivity contribution in [1.82, 2.24) is 15.0 Å². The number of hydrogen-bond acceptors (Lipinski definition) is 4. The summed E-state index contributed by atoms with van der Waals surface area (Å²) in [5, 5.41) is 3.88. The third kappa shape index (κ3) is 3.30. The monoisotopic (exact) mass is 237 g/mol. The highest BCUT2D eigenvalue weighted by Gasteiger charge is 2.17. The summed E-state index contributed by atoms with van der Waals surface area (Å²) >= 11 is 0. The Labute approximate surface area is 101 Å². The van der Waals surface area contributed by atoms with E-state index in [0.717, 1.165) is 50.6 Å².